The van der Waals surface area contributed by atoms with Gasteiger partial charge in [0.15, 0.2) is 4.96 Å². The first-order valence-corrected chi connectivity index (χ1v) is 7.93. The van der Waals surface area contributed by atoms with Gasteiger partial charge in [-0.25, -0.2) is 4.98 Å². The lowest BCUT2D eigenvalue weighted by atomic mass is 10.1. The van der Waals surface area contributed by atoms with Gasteiger partial charge in [0, 0.05) is 22.6 Å². The molecular weight excluding hydrogens is 282 g/mol. The van der Waals surface area contributed by atoms with Crippen molar-refractivity contribution in [2.45, 2.75) is 19.8 Å². The Labute approximate surface area is 128 Å². The number of rotatable bonds is 5. The Balaban J connectivity index is 2.30. The highest BCUT2D eigenvalue weighted by Crippen LogP contribution is 2.37. The van der Waals surface area contributed by atoms with Crippen molar-refractivity contribution >= 4 is 16.3 Å². The molecule has 0 atom stereocenters. The monoisotopic (exact) mass is 301 g/mol. The normalized spacial score (nSPS) is 11.2. The third kappa shape index (κ3) is 2.32. The van der Waals surface area contributed by atoms with Crippen LogP contribution in [0.4, 0.5) is 0 Å². The number of hydrogen-bond donors (Lipinski definition) is 1. The zero-order valence-electron chi connectivity index (χ0n) is 12.3. The average molecular weight is 301 g/mol. The van der Waals surface area contributed by atoms with Crippen LogP contribution in [0, 0.1) is 0 Å². The van der Waals surface area contributed by atoms with Gasteiger partial charge in [-0.3, -0.25) is 4.40 Å². The molecule has 3 rings (SSSR count). The van der Waals surface area contributed by atoms with E-state index in [1.165, 1.54) is 10.6 Å². The summed E-state index contributed by atoms with van der Waals surface area (Å²) in [5.74, 6) is 0.888. The number of imidazole rings is 1. The SMILES string of the molecule is CCc1sc2ncc(CCN)n2c1-c1ccccc1OC. The van der Waals surface area contributed by atoms with Gasteiger partial charge in [-0.05, 0) is 25.1 Å². The number of hydrogen-bond acceptors (Lipinski definition) is 4. The van der Waals surface area contributed by atoms with Crippen molar-refractivity contribution in [2.24, 2.45) is 5.73 Å². The van der Waals surface area contributed by atoms with E-state index >= 15 is 0 Å². The molecule has 1 aromatic carbocycles. The molecule has 0 aliphatic heterocycles. The first kappa shape index (κ1) is 14.1. The van der Waals surface area contributed by atoms with Crippen LogP contribution >= 0.6 is 11.3 Å². The van der Waals surface area contributed by atoms with E-state index in [1.807, 2.05) is 24.4 Å². The second-order valence-electron chi connectivity index (χ2n) is 4.83. The molecule has 0 amide bonds. The summed E-state index contributed by atoms with van der Waals surface area (Å²) in [4.78, 5) is 6.88. The van der Waals surface area contributed by atoms with E-state index in [0.29, 0.717) is 6.54 Å². The van der Waals surface area contributed by atoms with Crippen molar-refractivity contribution in [1.29, 1.82) is 0 Å². The molecule has 0 spiro atoms. The van der Waals surface area contributed by atoms with Crippen molar-refractivity contribution in [3.8, 4) is 17.0 Å². The maximum absolute atomic E-state index is 5.73. The van der Waals surface area contributed by atoms with Crippen LogP contribution in [0.15, 0.2) is 30.5 Å². The lowest BCUT2D eigenvalue weighted by Gasteiger charge is -2.10. The molecule has 5 heteroatoms. The van der Waals surface area contributed by atoms with E-state index < -0.39 is 0 Å². The number of benzene rings is 1. The predicted octanol–water partition coefficient (Wildman–Crippen LogP) is 3.14. The van der Waals surface area contributed by atoms with Crippen LogP contribution in [-0.4, -0.2) is 23.0 Å². The molecule has 21 heavy (non-hydrogen) atoms. The molecule has 2 N–H and O–H groups in total. The number of ether oxygens (including phenoxy) is 1. The standard InChI is InChI=1S/C16H19N3OS/c1-3-14-15(12-6-4-5-7-13(12)20-2)19-11(8-9-17)10-18-16(19)21-14/h4-7,10H,3,8-9,17H2,1-2H3. The molecule has 0 aliphatic rings. The fourth-order valence-corrected chi connectivity index (χ4v) is 3.71. The summed E-state index contributed by atoms with van der Waals surface area (Å²) in [6.45, 7) is 2.79. The Hall–Kier alpha value is -1.85. The van der Waals surface area contributed by atoms with Crippen LogP contribution in [0.2, 0.25) is 0 Å². The first-order valence-electron chi connectivity index (χ1n) is 7.11. The number of aromatic nitrogens is 2. The van der Waals surface area contributed by atoms with Gasteiger partial charge in [0.05, 0.1) is 19.0 Å². The molecular formula is C16H19N3OS. The van der Waals surface area contributed by atoms with E-state index in [0.717, 1.165) is 34.8 Å². The topological polar surface area (TPSA) is 52.5 Å². The van der Waals surface area contributed by atoms with E-state index in [-0.39, 0.29) is 0 Å². The molecule has 0 saturated heterocycles. The van der Waals surface area contributed by atoms with Gasteiger partial charge in [0.1, 0.15) is 5.75 Å². The second kappa shape index (κ2) is 5.87. The fourth-order valence-electron chi connectivity index (χ4n) is 2.64. The highest BCUT2D eigenvalue weighted by atomic mass is 32.1. The quantitative estimate of drug-likeness (QED) is 0.787. The van der Waals surface area contributed by atoms with Crippen LogP contribution < -0.4 is 10.5 Å². The Morgan fingerprint density at radius 2 is 2.14 bits per heavy atom. The Kier molecular flexibility index (Phi) is 3.94. The van der Waals surface area contributed by atoms with Crippen molar-refractivity contribution in [3.05, 3.63) is 41.0 Å². The van der Waals surface area contributed by atoms with E-state index in [2.05, 4.69) is 22.4 Å². The molecule has 2 aromatic heterocycles. The van der Waals surface area contributed by atoms with E-state index in [1.54, 1.807) is 18.4 Å². The minimum Gasteiger partial charge on any atom is -0.496 e. The fraction of sp³-hybridized carbons (Fsp3) is 0.312. The highest BCUT2D eigenvalue weighted by molar-refractivity contribution is 7.17. The largest absolute Gasteiger partial charge is 0.496 e. The lowest BCUT2D eigenvalue weighted by Crippen LogP contribution is -2.05. The second-order valence-corrected chi connectivity index (χ2v) is 5.90. The summed E-state index contributed by atoms with van der Waals surface area (Å²) in [6.07, 6.45) is 3.73. The zero-order chi connectivity index (χ0) is 14.8. The first-order chi connectivity index (χ1) is 10.3. The number of nitrogens with two attached hydrogens (primary N) is 1. The molecule has 0 saturated carbocycles. The van der Waals surface area contributed by atoms with Gasteiger partial charge >= 0.3 is 0 Å². The zero-order valence-corrected chi connectivity index (χ0v) is 13.1. The summed E-state index contributed by atoms with van der Waals surface area (Å²) in [7, 11) is 1.71. The summed E-state index contributed by atoms with van der Waals surface area (Å²) in [5.41, 5.74) is 9.19. The molecule has 3 aromatic rings. The van der Waals surface area contributed by atoms with Gasteiger partial charge < -0.3 is 10.5 Å². The number of nitrogens with zero attached hydrogens (tertiary/aromatic N) is 2. The summed E-state index contributed by atoms with van der Waals surface area (Å²) in [6, 6.07) is 8.13. The number of thiazole rings is 1. The van der Waals surface area contributed by atoms with Crippen molar-refractivity contribution < 1.29 is 4.74 Å². The molecule has 0 fully saturated rings. The molecule has 0 bridgehead atoms. The van der Waals surface area contributed by atoms with Crippen LogP contribution in [0.3, 0.4) is 0 Å². The summed E-state index contributed by atoms with van der Waals surface area (Å²) in [5, 5.41) is 0. The average Bonchev–Trinajstić information content (AvgIpc) is 3.07. The highest BCUT2D eigenvalue weighted by Gasteiger charge is 2.19. The van der Waals surface area contributed by atoms with Crippen molar-refractivity contribution in [3.63, 3.8) is 0 Å². The lowest BCUT2D eigenvalue weighted by molar-refractivity contribution is 0.416. The van der Waals surface area contributed by atoms with Gasteiger partial charge in [0.2, 0.25) is 0 Å². The number of methoxy groups -OCH3 is 1. The third-order valence-corrected chi connectivity index (χ3v) is 4.79. The Morgan fingerprint density at radius 1 is 1.33 bits per heavy atom. The van der Waals surface area contributed by atoms with Crippen LogP contribution in [0.1, 0.15) is 17.5 Å². The molecule has 110 valence electrons. The van der Waals surface area contributed by atoms with E-state index in [9.17, 15) is 0 Å². The molecule has 0 unspecified atom stereocenters. The number of para-hydroxylation sites is 1. The van der Waals surface area contributed by atoms with Crippen LogP contribution in [0.25, 0.3) is 16.2 Å². The maximum Gasteiger partial charge on any atom is 0.194 e. The molecule has 2 heterocycles. The summed E-state index contributed by atoms with van der Waals surface area (Å²) >= 11 is 1.74. The molecule has 4 nitrogen and oxygen atoms in total. The number of aryl methyl sites for hydroxylation is 1. The Bertz CT molecular complexity index is 760. The molecule has 0 aliphatic carbocycles. The smallest absolute Gasteiger partial charge is 0.194 e. The van der Waals surface area contributed by atoms with Gasteiger partial charge in [-0.1, -0.05) is 19.1 Å². The molecule has 0 radical (unpaired) electrons. The van der Waals surface area contributed by atoms with E-state index in [4.69, 9.17) is 10.5 Å². The minimum atomic E-state index is 0.621. The third-order valence-electron chi connectivity index (χ3n) is 3.59. The Morgan fingerprint density at radius 3 is 2.86 bits per heavy atom. The van der Waals surface area contributed by atoms with Gasteiger partial charge in [-0.2, -0.15) is 0 Å². The maximum atomic E-state index is 5.73. The van der Waals surface area contributed by atoms with Crippen molar-refractivity contribution in [1.82, 2.24) is 9.38 Å². The predicted molar refractivity (Wildman–Crippen MR) is 87.2 cm³/mol. The van der Waals surface area contributed by atoms with Gasteiger partial charge in [0.25, 0.3) is 0 Å². The van der Waals surface area contributed by atoms with Crippen molar-refractivity contribution in [2.75, 3.05) is 13.7 Å². The minimum absolute atomic E-state index is 0.621. The summed E-state index contributed by atoms with van der Waals surface area (Å²) < 4.78 is 7.77. The van der Waals surface area contributed by atoms with Gasteiger partial charge in [-0.15, -0.1) is 11.3 Å². The van der Waals surface area contributed by atoms with Crippen LogP contribution in [0.5, 0.6) is 5.75 Å². The number of fused-ring (bicyclic) bond motifs is 1. The van der Waals surface area contributed by atoms with Crippen LogP contribution in [-0.2, 0) is 12.8 Å².